The Balaban J connectivity index is 1.96. The number of rotatable bonds is 5. The van der Waals surface area contributed by atoms with Gasteiger partial charge < -0.3 is 9.53 Å². The van der Waals surface area contributed by atoms with E-state index in [9.17, 15) is 9.59 Å². The summed E-state index contributed by atoms with van der Waals surface area (Å²) in [7, 11) is 0. The first-order valence-corrected chi connectivity index (χ1v) is 6.42. The van der Waals surface area contributed by atoms with Crippen molar-refractivity contribution in [3.05, 3.63) is 35.9 Å². The van der Waals surface area contributed by atoms with E-state index in [1.165, 1.54) is 0 Å². The molecule has 3 heteroatoms. The molecule has 0 unspecified atom stereocenters. The van der Waals surface area contributed by atoms with Crippen LogP contribution in [-0.2, 0) is 20.9 Å². The largest absolute Gasteiger partial charge is 0.460 e. The number of carbonyl (C=O) groups is 2. The molecule has 0 atom stereocenters. The summed E-state index contributed by atoms with van der Waals surface area (Å²) in [6, 6.07) is 9.61. The van der Waals surface area contributed by atoms with Gasteiger partial charge >= 0.3 is 5.97 Å². The smallest absolute Gasteiger partial charge is 0.312 e. The van der Waals surface area contributed by atoms with Crippen molar-refractivity contribution >= 4 is 12.3 Å². The number of benzene rings is 1. The van der Waals surface area contributed by atoms with Crippen molar-refractivity contribution in [2.24, 2.45) is 5.41 Å². The Kier molecular flexibility index (Phi) is 4.13. The Morgan fingerprint density at radius 2 is 1.89 bits per heavy atom. The summed E-state index contributed by atoms with van der Waals surface area (Å²) >= 11 is 0. The molecule has 0 heterocycles. The van der Waals surface area contributed by atoms with E-state index in [1.807, 2.05) is 30.3 Å². The topological polar surface area (TPSA) is 43.4 Å². The first-order valence-electron chi connectivity index (χ1n) is 6.42. The van der Waals surface area contributed by atoms with E-state index in [4.69, 9.17) is 4.74 Å². The molecule has 1 aromatic rings. The average Bonchev–Trinajstić information content (AvgIpc) is 2.87. The average molecular weight is 246 g/mol. The molecular weight excluding hydrogens is 228 g/mol. The van der Waals surface area contributed by atoms with Crippen LogP contribution in [0, 0.1) is 5.41 Å². The minimum atomic E-state index is -0.545. The van der Waals surface area contributed by atoms with Crippen LogP contribution in [0.25, 0.3) is 0 Å². The van der Waals surface area contributed by atoms with Gasteiger partial charge in [0.25, 0.3) is 0 Å². The number of hydrogen-bond donors (Lipinski definition) is 0. The van der Waals surface area contributed by atoms with Crippen molar-refractivity contribution in [2.45, 2.75) is 38.7 Å². The van der Waals surface area contributed by atoms with Gasteiger partial charge in [-0.25, -0.2) is 0 Å². The maximum absolute atomic E-state index is 12.1. The molecule has 2 rings (SSSR count). The van der Waals surface area contributed by atoms with Crippen LogP contribution in [0.4, 0.5) is 0 Å². The predicted molar refractivity (Wildman–Crippen MR) is 67.8 cm³/mol. The second kappa shape index (κ2) is 5.80. The highest BCUT2D eigenvalue weighted by molar-refractivity contribution is 5.80. The maximum Gasteiger partial charge on any atom is 0.312 e. The third-order valence-corrected chi connectivity index (χ3v) is 3.68. The Morgan fingerprint density at radius 1 is 1.22 bits per heavy atom. The SMILES string of the molecule is O=CCC1(C(=O)OCc2ccccc2)CCCC1. The van der Waals surface area contributed by atoms with Gasteiger partial charge in [-0.1, -0.05) is 43.2 Å². The van der Waals surface area contributed by atoms with E-state index in [2.05, 4.69) is 0 Å². The van der Waals surface area contributed by atoms with Gasteiger partial charge in [0, 0.05) is 6.42 Å². The van der Waals surface area contributed by atoms with Gasteiger partial charge in [-0.15, -0.1) is 0 Å². The van der Waals surface area contributed by atoms with Gasteiger partial charge in [-0.3, -0.25) is 4.79 Å². The quantitative estimate of drug-likeness (QED) is 0.592. The van der Waals surface area contributed by atoms with Crippen molar-refractivity contribution < 1.29 is 14.3 Å². The Bertz CT molecular complexity index is 405. The minimum absolute atomic E-state index is 0.212. The van der Waals surface area contributed by atoms with Crippen LogP contribution in [0.2, 0.25) is 0 Å². The van der Waals surface area contributed by atoms with E-state index in [-0.39, 0.29) is 5.97 Å². The first-order chi connectivity index (χ1) is 8.77. The lowest BCUT2D eigenvalue weighted by Crippen LogP contribution is -2.30. The molecule has 1 aliphatic carbocycles. The molecule has 0 bridgehead atoms. The Hall–Kier alpha value is -1.64. The van der Waals surface area contributed by atoms with Gasteiger partial charge in [-0.05, 0) is 18.4 Å². The molecule has 0 saturated heterocycles. The van der Waals surface area contributed by atoms with Gasteiger partial charge in [0.2, 0.25) is 0 Å². The van der Waals surface area contributed by atoms with Gasteiger partial charge in [0.1, 0.15) is 12.9 Å². The highest BCUT2D eigenvalue weighted by atomic mass is 16.5. The van der Waals surface area contributed by atoms with Crippen LogP contribution in [-0.4, -0.2) is 12.3 Å². The molecule has 0 aromatic heterocycles. The van der Waals surface area contributed by atoms with E-state index in [1.54, 1.807) is 0 Å². The summed E-state index contributed by atoms with van der Waals surface area (Å²) in [5, 5.41) is 0. The van der Waals surface area contributed by atoms with Crippen molar-refractivity contribution in [3.63, 3.8) is 0 Å². The van der Waals surface area contributed by atoms with Crippen LogP contribution < -0.4 is 0 Å². The fourth-order valence-electron chi connectivity index (χ4n) is 2.58. The zero-order chi connectivity index (χ0) is 12.8. The van der Waals surface area contributed by atoms with E-state index < -0.39 is 5.41 Å². The molecule has 0 radical (unpaired) electrons. The number of esters is 1. The second-order valence-corrected chi connectivity index (χ2v) is 4.92. The molecule has 0 amide bonds. The summed E-state index contributed by atoms with van der Waals surface area (Å²) in [4.78, 5) is 22.9. The van der Waals surface area contributed by atoms with Gasteiger partial charge in [0.15, 0.2) is 0 Å². The summed E-state index contributed by atoms with van der Waals surface area (Å²) in [6.45, 7) is 0.292. The Labute approximate surface area is 107 Å². The fourth-order valence-corrected chi connectivity index (χ4v) is 2.58. The first kappa shape index (κ1) is 12.8. The van der Waals surface area contributed by atoms with Crippen LogP contribution >= 0.6 is 0 Å². The summed E-state index contributed by atoms with van der Waals surface area (Å²) in [6.07, 6.45) is 4.71. The molecule has 3 nitrogen and oxygen atoms in total. The molecular formula is C15H18O3. The van der Waals surface area contributed by atoms with E-state index in [0.717, 1.165) is 37.5 Å². The van der Waals surface area contributed by atoms with Crippen molar-refractivity contribution in [1.82, 2.24) is 0 Å². The molecule has 1 aliphatic rings. The lowest BCUT2D eigenvalue weighted by Gasteiger charge is -2.24. The molecule has 0 N–H and O–H groups in total. The molecule has 18 heavy (non-hydrogen) atoms. The lowest BCUT2D eigenvalue weighted by molar-refractivity contribution is -0.158. The summed E-state index contributed by atoms with van der Waals surface area (Å²) in [5.41, 5.74) is 0.432. The predicted octanol–water partition coefficient (Wildman–Crippen LogP) is 2.88. The zero-order valence-electron chi connectivity index (χ0n) is 10.4. The number of carbonyl (C=O) groups excluding carboxylic acids is 2. The minimum Gasteiger partial charge on any atom is -0.460 e. The Morgan fingerprint density at radius 3 is 2.50 bits per heavy atom. The molecule has 96 valence electrons. The fraction of sp³-hybridized carbons (Fsp3) is 0.467. The van der Waals surface area contributed by atoms with E-state index >= 15 is 0 Å². The maximum atomic E-state index is 12.1. The van der Waals surface area contributed by atoms with Crippen molar-refractivity contribution in [3.8, 4) is 0 Å². The molecule has 1 aromatic carbocycles. The number of aldehydes is 1. The monoisotopic (exact) mass is 246 g/mol. The lowest BCUT2D eigenvalue weighted by atomic mass is 9.83. The van der Waals surface area contributed by atoms with Gasteiger partial charge in [0.05, 0.1) is 5.41 Å². The number of hydrogen-bond acceptors (Lipinski definition) is 3. The molecule has 0 aliphatic heterocycles. The van der Waals surface area contributed by atoms with Gasteiger partial charge in [-0.2, -0.15) is 0 Å². The number of ether oxygens (including phenoxy) is 1. The summed E-state index contributed by atoms with van der Waals surface area (Å²) in [5.74, 6) is -0.212. The van der Waals surface area contributed by atoms with Crippen LogP contribution in [0.5, 0.6) is 0 Å². The molecule has 1 saturated carbocycles. The van der Waals surface area contributed by atoms with Crippen molar-refractivity contribution in [1.29, 1.82) is 0 Å². The van der Waals surface area contributed by atoms with Crippen molar-refractivity contribution in [2.75, 3.05) is 0 Å². The highest BCUT2D eigenvalue weighted by Gasteiger charge is 2.42. The highest BCUT2D eigenvalue weighted by Crippen LogP contribution is 2.41. The normalized spacial score (nSPS) is 17.3. The van der Waals surface area contributed by atoms with Crippen LogP contribution in [0.1, 0.15) is 37.7 Å². The summed E-state index contributed by atoms with van der Waals surface area (Å²) < 4.78 is 5.37. The van der Waals surface area contributed by atoms with Crippen LogP contribution in [0.15, 0.2) is 30.3 Å². The zero-order valence-corrected chi connectivity index (χ0v) is 10.4. The van der Waals surface area contributed by atoms with Crippen LogP contribution in [0.3, 0.4) is 0 Å². The third-order valence-electron chi connectivity index (χ3n) is 3.68. The molecule has 0 spiro atoms. The van der Waals surface area contributed by atoms with E-state index in [0.29, 0.717) is 13.0 Å². The standard InChI is InChI=1S/C15H18O3/c16-11-10-15(8-4-5-9-15)14(17)18-12-13-6-2-1-3-7-13/h1-3,6-7,11H,4-5,8-10,12H2. The second-order valence-electron chi connectivity index (χ2n) is 4.92. The molecule has 1 fully saturated rings. The third kappa shape index (κ3) is 2.78.